The number of carbonyl (C=O) groups excluding carboxylic acids is 1. The Hall–Kier alpha value is -2.44. The van der Waals surface area contributed by atoms with Crippen molar-refractivity contribution in [3.05, 3.63) is 65.0 Å². The second kappa shape index (κ2) is 6.76. The molecule has 0 unspecified atom stereocenters. The summed E-state index contributed by atoms with van der Waals surface area (Å²) in [4.78, 5) is 12.3. The second-order valence-electron chi connectivity index (χ2n) is 4.99. The monoisotopic (exact) mass is 341 g/mol. The summed E-state index contributed by atoms with van der Waals surface area (Å²) >= 11 is 6.75. The lowest BCUT2D eigenvalue weighted by Gasteiger charge is -2.12. The number of aryl methyl sites for hydroxylation is 1. The smallest absolute Gasteiger partial charge is 0.271 e. The SMILES string of the molecule is Cc1ccccc1NC(=S)NNC(=O)c1csc2ccccc12. The van der Waals surface area contributed by atoms with Gasteiger partial charge in [0.15, 0.2) is 5.11 Å². The Bertz CT molecular complexity index is 873. The van der Waals surface area contributed by atoms with E-state index < -0.39 is 0 Å². The number of hydrazine groups is 1. The van der Waals surface area contributed by atoms with E-state index in [9.17, 15) is 4.79 Å². The first-order chi connectivity index (χ1) is 11.1. The highest BCUT2D eigenvalue weighted by Crippen LogP contribution is 2.25. The van der Waals surface area contributed by atoms with Crippen molar-refractivity contribution in [2.75, 3.05) is 5.32 Å². The van der Waals surface area contributed by atoms with Crippen LogP contribution >= 0.6 is 23.6 Å². The number of benzene rings is 2. The van der Waals surface area contributed by atoms with Crippen molar-refractivity contribution in [3.63, 3.8) is 0 Å². The van der Waals surface area contributed by atoms with Crippen LogP contribution in [0, 0.1) is 6.92 Å². The molecule has 0 bridgehead atoms. The van der Waals surface area contributed by atoms with Crippen LogP contribution in [0.3, 0.4) is 0 Å². The van der Waals surface area contributed by atoms with Gasteiger partial charge in [-0.3, -0.25) is 15.6 Å². The fourth-order valence-corrected chi connectivity index (χ4v) is 3.30. The third kappa shape index (κ3) is 3.49. The van der Waals surface area contributed by atoms with Gasteiger partial charge in [-0.25, -0.2) is 0 Å². The Balaban J connectivity index is 1.63. The molecule has 116 valence electrons. The first kappa shape index (κ1) is 15.5. The molecule has 3 N–H and O–H groups in total. The molecule has 0 aliphatic heterocycles. The lowest BCUT2D eigenvalue weighted by Crippen LogP contribution is -2.43. The summed E-state index contributed by atoms with van der Waals surface area (Å²) in [5.74, 6) is -0.212. The quantitative estimate of drug-likeness (QED) is 0.490. The molecule has 3 aromatic rings. The number of para-hydroxylation sites is 1. The molecule has 0 aliphatic rings. The Labute approximate surface area is 143 Å². The fraction of sp³-hybridized carbons (Fsp3) is 0.0588. The number of hydrogen-bond donors (Lipinski definition) is 3. The van der Waals surface area contributed by atoms with Crippen molar-refractivity contribution in [1.29, 1.82) is 0 Å². The van der Waals surface area contributed by atoms with Crippen molar-refractivity contribution in [1.82, 2.24) is 10.9 Å². The molecule has 0 saturated heterocycles. The molecule has 0 saturated carbocycles. The summed E-state index contributed by atoms with van der Waals surface area (Å²) in [6.07, 6.45) is 0. The van der Waals surface area contributed by atoms with Crippen LogP contribution < -0.4 is 16.2 Å². The Morgan fingerprint density at radius 1 is 1.04 bits per heavy atom. The van der Waals surface area contributed by atoms with Gasteiger partial charge in [0.25, 0.3) is 5.91 Å². The zero-order chi connectivity index (χ0) is 16.2. The number of carbonyl (C=O) groups is 1. The van der Waals surface area contributed by atoms with Crippen molar-refractivity contribution < 1.29 is 4.79 Å². The van der Waals surface area contributed by atoms with Crippen LogP contribution in [-0.2, 0) is 0 Å². The molecule has 2 aromatic carbocycles. The van der Waals surface area contributed by atoms with Crippen LogP contribution in [0.2, 0.25) is 0 Å². The summed E-state index contributed by atoms with van der Waals surface area (Å²) < 4.78 is 1.08. The molecule has 3 rings (SSSR count). The normalized spacial score (nSPS) is 10.3. The largest absolute Gasteiger partial charge is 0.331 e. The number of fused-ring (bicyclic) bond motifs is 1. The van der Waals surface area contributed by atoms with E-state index in [1.165, 1.54) is 0 Å². The van der Waals surface area contributed by atoms with Gasteiger partial charge < -0.3 is 5.32 Å². The molecule has 0 atom stereocenters. The molecule has 0 spiro atoms. The minimum atomic E-state index is -0.212. The molecule has 4 nitrogen and oxygen atoms in total. The number of amides is 1. The molecule has 1 amide bonds. The van der Waals surface area contributed by atoms with E-state index in [2.05, 4.69) is 16.2 Å². The third-order valence-corrected chi connectivity index (χ3v) is 4.58. The Kier molecular flexibility index (Phi) is 4.55. The molecule has 6 heteroatoms. The average molecular weight is 341 g/mol. The lowest BCUT2D eigenvalue weighted by molar-refractivity contribution is 0.0946. The molecule has 0 fully saturated rings. The highest BCUT2D eigenvalue weighted by Gasteiger charge is 2.11. The van der Waals surface area contributed by atoms with E-state index in [1.54, 1.807) is 11.3 Å². The lowest BCUT2D eigenvalue weighted by atomic mass is 10.2. The summed E-state index contributed by atoms with van der Waals surface area (Å²) in [6.45, 7) is 1.99. The number of nitrogens with one attached hydrogen (secondary N) is 3. The van der Waals surface area contributed by atoms with Crippen LogP contribution in [0.15, 0.2) is 53.9 Å². The predicted octanol–water partition coefficient (Wildman–Crippen LogP) is 3.84. The van der Waals surface area contributed by atoms with Gasteiger partial charge in [0.2, 0.25) is 0 Å². The zero-order valence-corrected chi connectivity index (χ0v) is 14.1. The minimum Gasteiger partial charge on any atom is -0.331 e. The van der Waals surface area contributed by atoms with Crippen LogP contribution in [0.25, 0.3) is 10.1 Å². The van der Waals surface area contributed by atoms with Gasteiger partial charge in [-0.1, -0.05) is 36.4 Å². The first-order valence-electron chi connectivity index (χ1n) is 7.04. The van der Waals surface area contributed by atoms with E-state index in [0.717, 1.165) is 21.3 Å². The molecule has 1 aromatic heterocycles. The van der Waals surface area contributed by atoms with Crippen LogP contribution in [0.1, 0.15) is 15.9 Å². The van der Waals surface area contributed by atoms with E-state index >= 15 is 0 Å². The van der Waals surface area contributed by atoms with Crippen LogP contribution in [0.5, 0.6) is 0 Å². The van der Waals surface area contributed by atoms with E-state index in [0.29, 0.717) is 10.7 Å². The maximum absolute atomic E-state index is 12.3. The van der Waals surface area contributed by atoms with Crippen molar-refractivity contribution in [2.45, 2.75) is 6.92 Å². The minimum absolute atomic E-state index is 0.212. The van der Waals surface area contributed by atoms with Gasteiger partial charge in [-0.05, 0) is 36.8 Å². The average Bonchev–Trinajstić information content (AvgIpc) is 2.99. The van der Waals surface area contributed by atoms with Crippen molar-refractivity contribution >= 4 is 50.3 Å². The maximum atomic E-state index is 12.3. The Morgan fingerprint density at radius 3 is 2.61 bits per heavy atom. The number of thiophene rings is 1. The first-order valence-corrected chi connectivity index (χ1v) is 8.33. The van der Waals surface area contributed by atoms with Gasteiger partial charge in [0.05, 0.1) is 5.56 Å². The number of rotatable bonds is 2. The van der Waals surface area contributed by atoms with Crippen LogP contribution in [0.4, 0.5) is 5.69 Å². The maximum Gasteiger partial charge on any atom is 0.271 e. The van der Waals surface area contributed by atoms with Gasteiger partial charge in [-0.2, -0.15) is 0 Å². The molecular weight excluding hydrogens is 326 g/mol. The third-order valence-electron chi connectivity index (χ3n) is 3.41. The van der Waals surface area contributed by atoms with Gasteiger partial charge in [0.1, 0.15) is 0 Å². The second-order valence-corrected chi connectivity index (χ2v) is 6.31. The molecular formula is C17H15N3OS2. The van der Waals surface area contributed by atoms with Gasteiger partial charge in [0, 0.05) is 21.2 Å². The number of hydrogen-bond acceptors (Lipinski definition) is 3. The number of anilines is 1. The van der Waals surface area contributed by atoms with Gasteiger partial charge >= 0.3 is 0 Å². The van der Waals surface area contributed by atoms with Gasteiger partial charge in [-0.15, -0.1) is 11.3 Å². The number of thiocarbonyl (C=S) groups is 1. The molecule has 0 radical (unpaired) electrons. The summed E-state index contributed by atoms with van der Waals surface area (Å²) in [6, 6.07) is 15.6. The Morgan fingerprint density at radius 2 is 1.78 bits per heavy atom. The highest BCUT2D eigenvalue weighted by atomic mass is 32.1. The summed E-state index contributed by atoms with van der Waals surface area (Å²) in [7, 11) is 0. The van der Waals surface area contributed by atoms with E-state index in [-0.39, 0.29) is 5.91 Å². The molecule has 0 aliphatic carbocycles. The summed E-state index contributed by atoms with van der Waals surface area (Å²) in [5, 5.41) is 6.18. The van der Waals surface area contributed by atoms with E-state index in [1.807, 2.05) is 60.8 Å². The predicted molar refractivity (Wildman–Crippen MR) is 99.8 cm³/mol. The topological polar surface area (TPSA) is 53.2 Å². The zero-order valence-electron chi connectivity index (χ0n) is 12.4. The fourth-order valence-electron chi connectivity index (χ4n) is 2.20. The highest BCUT2D eigenvalue weighted by molar-refractivity contribution is 7.80. The van der Waals surface area contributed by atoms with Crippen molar-refractivity contribution in [2.24, 2.45) is 0 Å². The van der Waals surface area contributed by atoms with Crippen molar-refractivity contribution in [3.8, 4) is 0 Å². The van der Waals surface area contributed by atoms with Crippen LogP contribution in [-0.4, -0.2) is 11.0 Å². The summed E-state index contributed by atoms with van der Waals surface area (Å²) in [5.41, 5.74) is 7.98. The standard InChI is InChI=1S/C17H15N3OS2/c1-11-6-2-4-8-14(11)18-17(22)20-19-16(21)13-10-23-15-9-5-3-7-12(13)15/h2-10H,1H3,(H,19,21)(H2,18,20,22). The molecule has 1 heterocycles. The molecule has 23 heavy (non-hydrogen) atoms. The van der Waals surface area contributed by atoms with E-state index in [4.69, 9.17) is 12.2 Å².